The molecule has 1 unspecified atom stereocenters. The molecule has 1 N–H and O–H groups in total. The van der Waals surface area contributed by atoms with Crippen molar-refractivity contribution in [3.63, 3.8) is 0 Å². The van der Waals surface area contributed by atoms with Crippen molar-refractivity contribution in [1.29, 1.82) is 0 Å². The third kappa shape index (κ3) is 3.67. The third-order valence-corrected chi connectivity index (χ3v) is 6.59. The summed E-state index contributed by atoms with van der Waals surface area (Å²) in [6.07, 6.45) is 1.26. The van der Waals surface area contributed by atoms with E-state index in [1.807, 2.05) is 0 Å². The lowest BCUT2D eigenvalue weighted by Gasteiger charge is -2.32. The van der Waals surface area contributed by atoms with Crippen LogP contribution in [0.1, 0.15) is 31.2 Å². The molecule has 25 heavy (non-hydrogen) atoms. The zero-order chi connectivity index (χ0) is 18.2. The number of hydrogen-bond donors (Lipinski definition) is 1. The van der Waals surface area contributed by atoms with Gasteiger partial charge >= 0.3 is 6.03 Å². The number of hydrogen-bond acceptors (Lipinski definition) is 4. The fraction of sp³-hybridized carbons (Fsp3) is 0.500. The summed E-state index contributed by atoms with van der Waals surface area (Å²) in [5, 5.41) is 2.11. The van der Waals surface area contributed by atoms with Crippen LogP contribution >= 0.6 is 0 Å². The average Bonchev–Trinajstić information content (AvgIpc) is 2.82. The highest BCUT2D eigenvalue weighted by Gasteiger charge is 2.39. The molecule has 3 rings (SSSR count). The summed E-state index contributed by atoms with van der Waals surface area (Å²) in [7, 11) is -3.68. The second-order valence-corrected chi connectivity index (χ2v) is 8.34. The number of halogens is 1. The van der Waals surface area contributed by atoms with E-state index in [2.05, 4.69) is 5.32 Å². The van der Waals surface area contributed by atoms with E-state index >= 15 is 0 Å². The molecule has 7 nitrogen and oxygen atoms in total. The van der Waals surface area contributed by atoms with Gasteiger partial charge in [0.25, 0.3) is 5.91 Å². The summed E-state index contributed by atoms with van der Waals surface area (Å²) in [4.78, 5) is 24.2. The molecule has 2 aliphatic heterocycles. The maximum absolute atomic E-state index is 13.0. The van der Waals surface area contributed by atoms with E-state index in [9.17, 15) is 22.4 Å². The van der Waals surface area contributed by atoms with Crippen LogP contribution in [-0.4, -0.2) is 54.6 Å². The van der Waals surface area contributed by atoms with E-state index < -0.39 is 33.9 Å². The number of piperidine rings is 1. The first-order valence-corrected chi connectivity index (χ1v) is 9.73. The molecule has 0 aromatic heterocycles. The SMILES string of the molecule is CC1C(=O)NC(=O)N1CS(=O)(=O)N1CCC(c2ccc(F)cc2)CC1. The van der Waals surface area contributed by atoms with Crippen molar-refractivity contribution in [3.05, 3.63) is 35.6 Å². The Labute approximate surface area is 145 Å². The maximum Gasteiger partial charge on any atom is 0.325 e. The van der Waals surface area contributed by atoms with Gasteiger partial charge in [0.05, 0.1) is 0 Å². The number of carbonyl (C=O) groups is 2. The van der Waals surface area contributed by atoms with Crippen LogP contribution in [0.25, 0.3) is 0 Å². The highest BCUT2D eigenvalue weighted by molar-refractivity contribution is 7.89. The second kappa shape index (κ2) is 6.72. The Morgan fingerprint density at radius 2 is 1.76 bits per heavy atom. The first-order valence-electron chi connectivity index (χ1n) is 8.12. The molecule has 1 aromatic carbocycles. The number of nitrogens with one attached hydrogen (secondary N) is 1. The van der Waals surface area contributed by atoms with Crippen molar-refractivity contribution in [3.8, 4) is 0 Å². The molecule has 1 aromatic rings. The minimum absolute atomic E-state index is 0.183. The molecular formula is C16H20FN3O4S. The molecule has 0 aliphatic carbocycles. The Bertz CT molecular complexity index is 773. The lowest BCUT2D eigenvalue weighted by molar-refractivity contribution is -0.120. The molecule has 2 saturated heterocycles. The van der Waals surface area contributed by atoms with Crippen LogP contribution in [0.15, 0.2) is 24.3 Å². The molecule has 136 valence electrons. The predicted octanol–water partition coefficient (Wildman–Crippen LogP) is 1.23. The van der Waals surface area contributed by atoms with Crippen LogP contribution in [0.3, 0.4) is 0 Å². The number of nitrogens with zero attached hydrogens (tertiary/aromatic N) is 2. The zero-order valence-corrected chi connectivity index (χ0v) is 14.6. The molecule has 3 amide bonds. The van der Waals surface area contributed by atoms with Gasteiger partial charge in [0.15, 0.2) is 0 Å². The molecule has 0 bridgehead atoms. The van der Waals surface area contributed by atoms with Crippen LogP contribution in [0, 0.1) is 5.82 Å². The monoisotopic (exact) mass is 369 g/mol. The van der Waals surface area contributed by atoms with Gasteiger partial charge in [0.1, 0.15) is 17.7 Å². The first kappa shape index (κ1) is 17.8. The van der Waals surface area contributed by atoms with Crippen molar-refractivity contribution >= 4 is 22.0 Å². The van der Waals surface area contributed by atoms with E-state index in [0.29, 0.717) is 25.9 Å². The van der Waals surface area contributed by atoms with Crippen molar-refractivity contribution in [2.45, 2.75) is 31.7 Å². The lowest BCUT2D eigenvalue weighted by atomic mass is 9.90. The second-order valence-electron chi connectivity index (χ2n) is 6.41. The summed E-state index contributed by atoms with van der Waals surface area (Å²) in [6.45, 7) is 2.17. The van der Waals surface area contributed by atoms with Gasteiger partial charge in [-0.1, -0.05) is 12.1 Å². The van der Waals surface area contributed by atoms with Crippen LogP contribution in [0.4, 0.5) is 9.18 Å². The number of carbonyl (C=O) groups excluding carboxylic acids is 2. The van der Waals surface area contributed by atoms with Crippen molar-refractivity contribution < 1.29 is 22.4 Å². The molecule has 0 radical (unpaired) electrons. The third-order valence-electron chi connectivity index (χ3n) is 4.83. The lowest BCUT2D eigenvalue weighted by Crippen LogP contribution is -2.46. The van der Waals surface area contributed by atoms with Gasteiger partial charge in [-0.2, -0.15) is 0 Å². The largest absolute Gasteiger partial charge is 0.325 e. The van der Waals surface area contributed by atoms with Gasteiger partial charge in [-0.3, -0.25) is 15.0 Å². The van der Waals surface area contributed by atoms with Gasteiger partial charge in [0, 0.05) is 13.1 Å². The normalized spacial score (nSPS) is 23.1. The average molecular weight is 369 g/mol. The number of rotatable bonds is 4. The topological polar surface area (TPSA) is 86.8 Å². The summed E-state index contributed by atoms with van der Waals surface area (Å²) in [6, 6.07) is 4.80. The molecule has 0 spiro atoms. The van der Waals surface area contributed by atoms with Crippen LogP contribution in [0.5, 0.6) is 0 Å². The van der Waals surface area contributed by atoms with Crippen molar-refractivity contribution in [1.82, 2.24) is 14.5 Å². The first-order chi connectivity index (χ1) is 11.8. The Morgan fingerprint density at radius 3 is 2.28 bits per heavy atom. The number of urea groups is 1. The number of imide groups is 1. The summed E-state index contributed by atoms with van der Waals surface area (Å²) >= 11 is 0. The van der Waals surface area contributed by atoms with Crippen molar-refractivity contribution in [2.24, 2.45) is 0 Å². The van der Waals surface area contributed by atoms with E-state index in [1.54, 1.807) is 12.1 Å². The highest BCUT2D eigenvalue weighted by Crippen LogP contribution is 2.29. The highest BCUT2D eigenvalue weighted by atomic mass is 32.2. The Hall–Kier alpha value is -2.00. The van der Waals surface area contributed by atoms with Gasteiger partial charge in [-0.15, -0.1) is 0 Å². The zero-order valence-electron chi connectivity index (χ0n) is 13.8. The molecule has 2 fully saturated rings. The minimum atomic E-state index is -3.68. The summed E-state index contributed by atoms with van der Waals surface area (Å²) in [5.41, 5.74) is 0.997. The maximum atomic E-state index is 13.0. The quantitative estimate of drug-likeness (QED) is 0.809. The summed E-state index contributed by atoms with van der Waals surface area (Å²) in [5.74, 6) is -1.11. The Kier molecular flexibility index (Phi) is 4.79. The van der Waals surface area contributed by atoms with Gasteiger partial charge in [0.2, 0.25) is 10.0 Å². The fourth-order valence-electron chi connectivity index (χ4n) is 3.23. The van der Waals surface area contributed by atoms with Gasteiger partial charge < -0.3 is 0 Å². The smallest absolute Gasteiger partial charge is 0.297 e. The Morgan fingerprint density at radius 1 is 1.16 bits per heavy atom. The van der Waals surface area contributed by atoms with E-state index in [0.717, 1.165) is 10.5 Å². The van der Waals surface area contributed by atoms with E-state index in [4.69, 9.17) is 0 Å². The van der Waals surface area contributed by atoms with Crippen LogP contribution in [0.2, 0.25) is 0 Å². The minimum Gasteiger partial charge on any atom is -0.297 e. The van der Waals surface area contributed by atoms with Gasteiger partial charge in [-0.05, 0) is 43.4 Å². The molecular weight excluding hydrogens is 349 g/mol. The standard InChI is InChI=1S/C16H20FN3O4S/c1-11-15(21)18-16(22)20(11)10-25(23,24)19-8-6-13(7-9-19)12-2-4-14(17)5-3-12/h2-5,11,13H,6-10H2,1H3,(H,18,21,22). The fourth-order valence-corrected chi connectivity index (χ4v) is 4.85. The molecule has 2 heterocycles. The van der Waals surface area contributed by atoms with Crippen LogP contribution < -0.4 is 5.32 Å². The Balaban J connectivity index is 1.62. The number of sulfonamides is 1. The van der Waals surface area contributed by atoms with Crippen molar-refractivity contribution in [2.75, 3.05) is 19.0 Å². The molecule has 9 heteroatoms. The number of amides is 3. The van der Waals surface area contributed by atoms with Crippen LogP contribution in [-0.2, 0) is 14.8 Å². The summed E-state index contributed by atoms with van der Waals surface area (Å²) < 4.78 is 39.5. The molecule has 1 atom stereocenters. The molecule has 0 saturated carbocycles. The van der Waals surface area contributed by atoms with Gasteiger partial charge in [-0.25, -0.2) is 21.9 Å². The predicted molar refractivity (Wildman–Crippen MR) is 88.6 cm³/mol. The molecule has 2 aliphatic rings. The number of benzene rings is 1. The van der Waals surface area contributed by atoms with E-state index in [1.165, 1.54) is 23.4 Å². The van der Waals surface area contributed by atoms with E-state index in [-0.39, 0.29) is 11.7 Å².